The first-order valence-electron chi connectivity index (χ1n) is 5.36. The molecule has 3 N–H and O–H groups in total. The van der Waals surface area contributed by atoms with Crippen LogP contribution in [-0.4, -0.2) is 11.2 Å². The van der Waals surface area contributed by atoms with Crippen molar-refractivity contribution in [1.29, 1.82) is 0 Å². The van der Waals surface area contributed by atoms with Gasteiger partial charge in [0, 0.05) is 5.02 Å². The van der Waals surface area contributed by atoms with E-state index in [4.69, 9.17) is 17.3 Å². The molecular formula is C12H16ClNO. The van der Waals surface area contributed by atoms with E-state index in [9.17, 15) is 5.11 Å². The molecule has 0 amide bonds. The molecule has 1 aromatic carbocycles. The maximum Gasteiger partial charge on any atom is 0.0762 e. The van der Waals surface area contributed by atoms with Crippen molar-refractivity contribution in [3.8, 4) is 0 Å². The van der Waals surface area contributed by atoms with E-state index in [0.29, 0.717) is 5.02 Å². The van der Waals surface area contributed by atoms with Crippen LogP contribution in [0.4, 0.5) is 0 Å². The van der Waals surface area contributed by atoms with E-state index in [1.165, 1.54) is 0 Å². The van der Waals surface area contributed by atoms with Crippen molar-refractivity contribution in [1.82, 2.24) is 0 Å². The van der Waals surface area contributed by atoms with Crippen molar-refractivity contribution in [2.45, 2.75) is 37.3 Å². The second-order valence-electron chi connectivity index (χ2n) is 4.28. The number of halogens is 1. The molecule has 1 aliphatic carbocycles. The Morgan fingerprint density at radius 2 is 2.07 bits per heavy atom. The molecule has 2 nitrogen and oxygen atoms in total. The number of hydrogen-bond donors (Lipinski definition) is 2. The first-order valence-corrected chi connectivity index (χ1v) is 5.74. The van der Waals surface area contributed by atoms with Gasteiger partial charge in [0.05, 0.1) is 11.6 Å². The summed E-state index contributed by atoms with van der Waals surface area (Å²) in [6.07, 6.45) is 3.19. The SMILES string of the molecule is NC1(c2ccccc2Cl)CCCCC1O. The highest BCUT2D eigenvalue weighted by molar-refractivity contribution is 6.31. The van der Waals surface area contributed by atoms with Crippen LogP contribution in [-0.2, 0) is 5.54 Å². The minimum Gasteiger partial charge on any atom is -0.391 e. The van der Waals surface area contributed by atoms with E-state index in [-0.39, 0.29) is 0 Å². The van der Waals surface area contributed by atoms with Gasteiger partial charge in [-0.15, -0.1) is 0 Å². The van der Waals surface area contributed by atoms with Gasteiger partial charge in [0.25, 0.3) is 0 Å². The second-order valence-corrected chi connectivity index (χ2v) is 4.69. The second kappa shape index (κ2) is 4.12. The minimum atomic E-state index is -0.656. The van der Waals surface area contributed by atoms with Gasteiger partial charge in [0.2, 0.25) is 0 Å². The lowest BCUT2D eigenvalue weighted by molar-refractivity contribution is 0.0450. The molecule has 2 rings (SSSR count). The van der Waals surface area contributed by atoms with Gasteiger partial charge in [-0.1, -0.05) is 42.6 Å². The summed E-state index contributed by atoms with van der Waals surface area (Å²) in [5, 5.41) is 10.7. The average Bonchev–Trinajstić information content (AvgIpc) is 2.23. The van der Waals surface area contributed by atoms with Gasteiger partial charge in [-0.2, -0.15) is 0 Å². The van der Waals surface area contributed by atoms with E-state index in [0.717, 1.165) is 31.2 Å². The summed E-state index contributed by atoms with van der Waals surface area (Å²) >= 11 is 6.12. The van der Waals surface area contributed by atoms with Gasteiger partial charge in [-0.05, 0) is 24.5 Å². The van der Waals surface area contributed by atoms with Crippen LogP contribution in [0.25, 0.3) is 0 Å². The largest absolute Gasteiger partial charge is 0.391 e. The first-order chi connectivity index (χ1) is 7.14. The molecule has 0 aromatic heterocycles. The Kier molecular flexibility index (Phi) is 3.01. The smallest absolute Gasteiger partial charge is 0.0762 e. The van der Waals surface area contributed by atoms with Crippen molar-refractivity contribution in [3.63, 3.8) is 0 Å². The molecule has 82 valence electrons. The fourth-order valence-electron chi connectivity index (χ4n) is 2.33. The van der Waals surface area contributed by atoms with Gasteiger partial charge >= 0.3 is 0 Å². The Hall–Kier alpha value is -0.570. The molecular weight excluding hydrogens is 210 g/mol. The molecule has 1 aliphatic rings. The molecule has 0 bridgehead atoms. The molecule has 15 heavy (non-hydrogen) atoms. The molecule has 0 spiro atoms. The first kappa shape index (κ1) is 10.9. The number of nitrogens with two attached hydrogens (primary N) is 1. The van der Waals surface area contributed by atoms with Gasteiger partial charge in [0.15, 0.2) is 0 Å². The molecule has 1 fully saturated rings. The lowest BCUT2D eigenvalue weighted by Crippen LogP contribution is -2.50. The highest BCUT2D eigenvalue weighted by Gasteiger charge is 2.38. The Morgan fingerprint density at radius 3 is 2.73 bits per heavy atom. The van der Waals surface area contributed by atoms with Gasteiger partial charge in [0.1, 0.15) is 0 Å². The summed E-state index contributed by atoms with van der Waals surface area (Å²) in [6.45, 7) is 0. The summed E-state index contributed by atoms with van der Waals surface area (Å²) in [4.78, 5) is 0. The molecule has 2 unspecified atom stereocenters. The number of benzene rings is 1. The summed E-state index contributed by atoms with van der Waals surface area (Å²) < 4.78 is 0. The normalized spacial score (nSPS) is 31.5. The van der Waals surface area contributed by atoms with Crippen LogP contribution in [0.2, 0.25) is 5.02 Å². The Bertz CT molecular complexity index is 355. The molecule has 0 saturated heterocycles. The highest BCUT2D eigenvalue weighted by atomic mass is 35.5. The number of aliphatic hydroxyl groups excluding tert-OH is 1. The summed E-state index contributed by atoms with van der Waals surface area (Å²) in [5.41, 5.74) is 6.51. The van der Waals surface area contributed by atoms with Gasteiger partial charge < -0.3 is 10.8 Å². The number of rotatable bonds is 1. The Labute approximate surface area is 95.1 Å². The van der Waals surface area contributed by atoms with Gasteiger partial charge in [-0.3, -0.25) is 0 Å². The van der Waals surface area contributed by atoms with Crippen LogP contribution >= 0.6 is 11.6 Å². The van der Waals surface area contributed by atoms with E-state index in [2.05, 4.69) is 0 Å². The number of aliphatic hydroxyl groups is 1. The van der Waals surface area contributed by atoms with Crippen LogP contribution in [0.3, 0.4) is 0 Å². The fourth-order valence-corrected chi connectivity index (χ4v) is 2.64. The van der Waals surface area contributed by atoms with E-state index >= 15 is 0 Å². The third kappa shape index (κ3) is 1.89. The molecule has 1 saturated carbocycles. The third-order valence-corrected chi connectivity index (χ3v) is 3.62. The monoisotopic (exact) mass is 225 g/mol. The van der Waals surface area contributed by atoms with Crippen LogP contribution < -0.4 is 5.73 Å². The molecule has 0 aliphatic heterocycles. The maximum absolute atomic E-state index is 10.0. The number of hydrogen-bond acceptors (Lipinski definition) is 2. The Balaban J connectivity index is 2.39. The van der Waals surface area contributed by atoms with Crippen molar-refractivity contribution >= 4 is 11.6 Å². The maximum atomic E-state index is 10.0. The zero-order valence-corrected chi connectivity index (χ0v) is 9.37. The van der Waals surface area contributed by atoms with E-state index in [1.807, 2.05) is 24.3 Å². The summed E-state index contributed by atoms with van der Waals surface area (Å²) in [6, 6.07) is 7.53. The molecule has 0 radical (unpaired) electrons. The van der Waals surface area contributed by atoms with Crippen LogP contribution in [0.15, 0.2) is 24.3 Å². The van der Waals surface area contributed by atoms with Crippen molar-refractivity contribution < 1.29 is 5.11 Å². The molecule has 1 aromatic rings. The average molecular weight is 226 g/mol. The lowest BCUT2D eigenvalue weighted by Gasteiger charge is -2.39. The quantitative estimate of drug-likeness (QED) is 0.771. The minimum absolute atomic E-state index is 0.480. The molecule has 3 heteroatoms. The van der Waals surface area contributed by atoms with Crippen molar-refractivity contribution in [2.75, 3.05) is 0 Å². The summed E-state index contributed by atoms with van der Waals surface area (Å²) in [5.74, 6) is 0. The molecule has 0 heterocycles. The van der Waals surface area contributed by atoms with Crippen LogP contribution in [0.1, 0.15) is 31.2 Å². The van der Waals surface area contributed by atoms with E-state index in [1.54, 1.807) is 0 Å². The highest BCUT2D eigenvalue weighted by Crippen LogP contribution is 2.38. The van der Waals surface area contributed by atoms with Crippen LogP contribution in [0, 0.1) is 0 Å². The van der Waals surface area contributed by atoms with Crippen molar-refractivity contribution in [3.05, 3.63) is 34.9 Å². The Morgan fingerprint density at radius 1 is 1.33 bits per heavy atom. The summed E-state index contributed by atoms with van der Waals surface area (Å²) in [7, 11) is 0. The van der Waals surface area contributed by atoms with Crippen molar-refractivity contribution in [2.24, 2.45) is 5.73 Å². The fraction of sp³-hybridized carbons (Fsp3) is 0.500. The lowest BCUT2D eigenvalue weighted by atomic mass is 9.75. The zero-order valence-electron chi connectivity index (χ0n) is 8.62. The third-order valence-electron chi connectivity index (χ3n) is 3.29. The molecule has 2 atom stereocenters. The predicted molar refractivity (Wildman–Crippen MR) is 61.8 cm³/mol. The van der Waals surface area contributed by atoms with Crippen LogP contribution in [0.5, 0.6) is 0 Å². The van der Waals surface area contributed by atoms with Gasteiger partial charge in [-0.25, -0.2) is 0 Å². The standard InChI is InChI=1S/C12H16ClNO/c13-10-6-2-1-5-9(10)12(14)8-4-3-7-11(12)15/h1-2,5-6,11,15H,3-4,7-8,14H2. The van der Waals surface area contributed by atoms with E-state index < -0.39 is 11.6 Å². The zero-order chi connectivity index (χ0) is 10.9. The topological polar surface area (TPSA) is 46.2 Å². The predicted octanol–water partition coefficient (Wildman–Crippen LogP) is 2.43.